The molecule has 4 aliphatic heterocycles. The Hall–Kier alpha value is -4.57. The fourth-order valence-electron chi connectivity index (χ4n) is 8.18. The Bertz CT molecular complexity index is 2020. The summed E-state index contributed by atoms with van der Waals surface area (Å²) in [5, 5.41) is 12.2. The highest BCUT2D eigenvalue weighted by Crippen LogP contribution is 2.43. The minimum absolute atomic E-state index is 0.0343. The number of hydrogen-bond donors (Lipinski definition) is 1. The number of terminal acetylenes is 1. The molecule has 2 aromatic carbocycles. The van der Waals surface area contributed by atoms with Crippen LogP contribution in [0.15, 0.2) is 42.7 Å². The van der Waals surface area contributed by atoms with E-state index in [1.54, 1.807) is 24.3 Å². The molecule has 4 saturated heterocycles. The molecule has 10 nitrogen and oxygen atoms in total. The first kappa shape index (κ1) is 32.6. The lowest BCUT2D eigenvalue weighted by Crippen LogP contribution is -2.41. The fourth-order valence-corrected chi connectivity index (χ4v) is 8.18. The van der Waals surface area contributed by atoms with E-state index < -0.39 is 17.5 Å². The van der Waals surface area contributed by atoms with Crippen molar-refractivity contribution in [3.05, 3.63) is 54.1 Å². The molecule has 2 atom stereocenters. The number of aromatic nitrogens is 3. The molecule has 2 aromatic heterocycles. The van der Waals surface area contributed by atoms with Crippen LogP contribution in [0.1, 0.15) is 31.2 Å². The number of phenols is 1. The molecule has 0 spiro atoms. The van der Waals surface area contributed by atoms with Gasteiger partial charge in [-0.3, -0.25) is 4.90 Å². The molecular weight excluding hydrogens is 642 g/mol. The third-order valence-electron chi connectivity index (χ3n) is 10.6. The molecule has 1 unspecified atom stereocenters. The van der Waals surface area contributed by atoms with Crippen molar-refractivity contribution in [1.29, 1.82) is 0 Å². The highest BCUT2D eigenvalue weighted by Gasteiger charge is 2.47. The maximum absolute atomic E-state index is 17.1. The smallest absolute Gasteiger partial charge is 0.324 e. The molecule has 4 aromatic rings. The summed E-state index contributed by atoms with van der Waals surface area (Å²) < 4.78 is 48.9. The Labute approximate surface area is 289 Å². The third kappa shape index (κ3) is 5.87. The van der Waals surface area contributed by atoms with Gasteiger partial charge in [0, 0.05) is 67.1 Å². The summed E-state index contributed by atoms with van der Waals surface area (Å²) >= 11 is 0. The van der Waals surface area contributed by atoms with Crippen LogP contribution in [0.3, 0.4) is 0 Å². The normalized spacial score (nSPS) is 23.3. The van der Waals surface area contributed by atoms with E-state index in [9.17, 15) is 9.50 Å². The van der Waals surface area contributed by atoms with Gasteiger partial charge >= 0.3 is 6.01 Å². The molecule has 12 heteroatoms. The lowest BCUT2D eigenvalue weighted by molar-refractivity contribution is -0.0457. The van der Waals surface area contributed by atoms with Gasteiger partial charge in [0.15, 0.2) is 5.82 Å². The number of phenolic OH excluding ortho intramolecular Hbond substituents is 1. The molecule has 260 valence electrons. The number of methoxy groups -OCH3 is 1. The van der Waals surface area contributed by atoms with Crippen molar-refractivity contribution in [2.45, 2.75) is 37.4 Å². The van der Waals surface area contributed by atoms with E-state index in [1.807, 2.05) is 6.08 Å². The quantitative estimate of drug-likeness (QED) is 0.195. The average molecular weight is 683 g/mol. The summed E-state index contributed by atoms with van der Waals surface area (Å²) in [7, 11) is 1.48. The van der Waals surface area contributed by atoms with Crippen molar-refractivity contribution < 1.29 is 28.1 Å². The number of pyridine rings is 1. The summed E-state index contributed by atoms with van der Waals surface area (Å²) in [5.41, 5.74) is 0.319. The number of halogens is 2. The maximum Gasteiger partial charge on any atom is 0.324 e. The molecule has 4 aliphatic rings. The minimum atomic E-state index is -0.890. The van der Waals surface area contributed by atoms with Crippen molar-refractivity contribution in [3.8, 4) is 41.2 Å². The summed E-state index contributed by atoms with van der Waals surface area (Å²) in [6.07, 6.45) is 11.5. The van der Waals surface area contributed by atoms with Crippen molar-refractivity contribution in [2.24, 2.45) is 5.92 Å². The Morgan fingerprint density at radius 2 is 1.98 bits per heavy atom. The Morgan fingerprint density at radius 1 is 1.10 bits per heavy atom. The van der Waals surface area contributed by atoms with Gasteiger partial charge in [0.25, 0.3) is 0 Å². The summed E-state index contributed by atoms with van der Waals surface area (Å²) in [4.78, 5) is 20.9. The highest BCUT2D eigenvalue weighted by molar-refractivity contribution is 6.04. The number of hydrogen-bond acceptors (Lipinski definition) is 10. The second-order valence-electron chi connectivity index (χ2n) is 13.8. The zero-order valence-electron chi connectivity index (χ0n) is 28.1. The topological polar surface area (TPSA) is 96.3 Å². The fraction of sp³-hybridized carbons (Fsp3) is 0.447. The molecule has 0 aliphatic carbocycles. The average Bonchev–Trinajstić information content (AvgIpc) is 3.50. The Balaban J connectivity index is 1.25. The molecule has 0 radical (unpaired) electrons. The van der Waals surface area contributed by atoms with Crippen LogP contribution >= 0.6 is 0 Å². The van der Waals surface area contributed by atoms with Crippen LogP contribution in [0.2, 0.25) is 0 Å². The van der Waals surface area contributed by atoms with Crippen LogP contribution in [0.5, 0.6) is 17.6 Å². The molecule has 4 fully saturated rings. The van der Waals surface area contributed by atoms with Crippen molar-refractivity contribution in [2.75, 3.05) is 71.0 Å². The van der Waals surface area contributed by atoms with Gasteiger partial charge in [-0.25, -0.2) is 13.8 Å². The Morgan fingerprint density at radius 3 is 2.78 bits per heavy atom. The van der Waals surface area contributed by atoms with E-state index >= 15 is 4.39 Å². The van der Waals surface area contributed by atoms with E-state index in [0.29, 0.717) is 65.1 Å². The second kappa shape index (κ2) is 13.3. The van der Waals surface area contributed by atoms with E-state index in [1.165, 1.54) is 19.4 Å². The van der Waals surface area contributed by atoms with Crippen molar-refractivity contribution >= 4 is 27.5 Å². The number of ether oxygens (including phenoxy) is 3. The van der Waals surface area contributed by atoms with E-state index in [2.05, 4.69) is 25.6 Å². The van der Waals surface area contributed by atoms with Gasteiger partial charge in [-0.1, -0.05) is 18.1 Å². The SMILES string of the molecule is C#Cc1cccc2cc(O)cc(-c3nc(OC)c4c(N5CCCN(CC6COC6)CC5)nc(O/C=C/C56CCCN5C[C@H](F)C6)nc4c3F)c12. The zero-order valence-corrected chi connectivity index (χ0v) is 28.1. The molecular formula is C38H40F2N6O4. The first-order chi connectivity index (χ1) is 24.4. The van der Waals surface area contributed by atoms with Crippen LogP contribution in [0.4, 0.5) is 14.6 Å². The van der Waals surface area contributed by atoms with Gasteiger partial charge in [0.2, 0.25) is 5.88 Å². The van der Waals surface area contributed by atoms with Crippen LogP contribution in [-0.4, -0.2) is 108 Å². The molecule has 8 rings (SSSR count). The lowest BCUT2D eigenvalue weighted by Gasteiger charge is -2.31. The van der Waals surface area contributed by atoms with E-state index in [4.69, 9.17) is 30.6 Å². The number of aromatic hydroxyl groups is 1. The van der Waals surface area contributed by atoms with Gasteiger partial charge < -0.3 is 29.1 Å². The van der Waals surface area contributed by atoms with Crippen LogP contribution in [0, 0.1) is 24.1 Å². The van der Waals surface area contributed by atoms with Crippen LogP contribution in [0.25, 0.3) is 32.9 Å². The number of rotatable bonds is 8. The van der Waals surface area contributed by atoms with E-state index in [-0.39, 0.29) is 28.9 Å². The summed E-state index contributed by atoms with van der Waals surface area (Å²) in [6, 6.07) is 8.33. The molecule has 0 amide bonds. The molecule has 0 bridgehead atoms. The third-order valence-corrected chi connectivity index (χ3v) is 10.6. The molecule has 1 N–H and O–H groups in total. The second-order valence-corrected chi connectivity index (χ2v) is 13.8. The van der Waals surface area contributed by atoms with Crippen molar-refractivity contribution in [3.63, 3.8) is 0 Å². The van der Waals surface area contributed by atoms with Crippen LogP contribution < -0.4 is 14.4 Å². The van der Waals surface area contributed by atoms with Gasteiger partial charge in [0.1, 0.15) is 34.3 Å². The van der Waals surface area contributed by atoms with E-state index in [0.717, 1.165) is 58.7 Å². The monoisotopic (exact) mass is 682 g/mol. The predicted molar refractivity (Wildman–Crippen MR) is 187 cm³/mol. The van der Waals surface area contributed by atoms with Gasteiger partial charge in [-0.15, -0.1) is 6.42 Å². The predicted octanol–water partition coefficient (Wildman–Crippen LogP) is 5.31. The summed E-state index contributed by atoms with van der Waals surface area (Å²) in [6.45, 7) is 6.82. The molecule has 50 heavy (non-hydrogen) atoms. The lowest BCUT2D eigenvalue weighted by atomic mass is 9.94. The van der Waals surface area contributed by atoms with Gasteiger partial charge in [0.05, 0.1) is 26.6 Å². The highest BCUT2D eigenvalue weighted by atomic mass is 19.1. The number of nitrogens with zero attached hydrogens (tertiary/aromatic N) is 6. The first-order valence-electron chi connectivity index (χ1n) is 17.3. The van der Waals surface area contributed by atoms with Gasteiger partial charge in [-0.2, -0.15) is 9.97 Å². The van der Waals surface area contributed by atoms with Gasteiger partial charge in [-0.05, 0) is 62.0 Å². The first-order valence-corrected chi connectivity index (χ1v) is 17.3. The number of alkyl halides is 1. The molecule has 6 heterocycles. The Kier molecular flexibility index (Phi) is 8.67. The summed E-state index contributed by atoms with van der Waals surface area (Å²) in [5.74, 6) is 3.02. The minimum Gasteiger partial charge on any atom is -0.508 e. The number of anilines is 1. The standard InChI is InChI=1S/C38H40F2N6O4/c1-3-25-7-4-8-26-17-28(47)18-29(30(25)26)33-32(40)34-31(36(41-33)48-2)35(45-12-6-11-44(14-15-45)20-24-22-49-23-24)43-37(42-34)50-16-10-38-9-5-13-46(38)21-27(39)19-38/h1,4,7-8,10,16-18,24,27,47H,5-6,9,11-15,19-23H2,2H3/b16-10+/t27-,38?/m1/s1. The van der Waals surface area contributed by atoms with Crippen LogP contribution in [-0.2, 0) is 4.74 Å². The number of benzene rings is 2. The maximum atomic E-state index is 17.1. The zero-order chi connectivity index (χ0) is 34.4. The van der Waals surface area contributed by atoms with Crippen molar-refractivity contribution in [1.82, 2.24) is 24.8 Å². The largest absolute Gasteiger partial charge is 0.508 e. The molecule has 0 saturated carbocycles. The number of fused-ring (bicyclic) bond motifs is 3.